The van der Waals surface area contributed by atoms with Crippen molar-refractivity contribution in [1.29, 1.82) is 0 Å². The van der Waals surface area contributed by atoms with Crippen LogP contribution < -0.4 is 9.64 Å². The molecule has 0 aliphatic carbocycles. The third kappa shape index (κ3) is 17.5. The van der Waals surface area contributed by atoms with Gasteiger partial charge in [0.05, 0.1) is 12.3 Å². The van der Waals surface area contributed by atoms with Crippen molar-refractivity contribution in [3.8, 4) is 5.75 Å². The first-order valence-corrected chi connectivity index (χ1v) is 15.0. The van der Waals surface area contributed by atoms with Gasteiger partial charge in [0.15, 0.2) is 0 Å². The van der Waals surface area contributed by atoms with Gasteiger partial charge < -0.3 is 19.5 Å². The number of ether oxygens (including phenoxy) is 2. The van der Waals surface area contributed by atoms with Crippen molar-refractivity contribution >= 4 is 58.6 Å². The van der Waals surface area contributed by atoms with Gasteiger partial charge in [0.1, 0.15) is 18.0 Å². The van der Waals surface area contributed by atoms with E-state index in [-0.39, 0.29) is 18.1 Å². The molecule has 2 aromatic carbocycles. The first kappa shape index (κ1) is 40.0. The van der Waals surface area contributed by atoms with Gasteiger partial charge in [0, 0.05) is 33.0 Å². The molecule has 1 aliphatic heterocycles. The Balaban J connectivity index is 0. The van der Waals surface area contributed by atoms with Crippen molar-refractivity contribution in [3.05, 3.63) is 64.1 Å². The summed E-state index contributed by atoms with van der Waals surface area (Å²) >= 11 is 13.4. The van der Waals surface area contributed by atoms with Crippen LogP contribution in [0.15, 0.2) is 48.5 Å². The number of anilines is 1. The molecule has 0 saturated carbocycles. The molecule has 0 fully saturated rings. The summed E-state index contributed by atoms with van der Waals surface area (Å²) in [5.41, 5.74) is 2.28. The van der Waals surface area contributed by atoms with Crippen molar-refractivity contribution in [2.75, 3.05) is 31.4 Å². The Kier molecular flexibility index (Phi) is 20.6. The van der Waals surface area contributed by atoms with Crippen LogP contribution in [0.5, 0.6) is 5.75 Å². The van der Waals surface area contributed by atoms with Gasteiger partial charge in [-0.25, -0.2) is 0 Å². The Labute approximate surface area is 256 Å². The highest BCUT2D eigenvalue weighted by molar-refractivity contribution is 7.99. The number of hydrogen-bond acceptors (Lipinski definition) is 6. The van der Waals surface area contributed by atoms with Gasteiger partial charge in [-0.05, 0) is 70.3 Å². The van der Waals surface area contributed by atoms with Gasteiger partial charge in [0.2, 0.25) is 0 Å². The molecule has 0 radical (unpaired) electrons. The second kappa shape index (κ2) is 20.7. The number of likely N-dealkylation sites (N-methyl/N-ethyl adjacent to an activating group) is 1. The van der Waals surface area contributed by atoms with E-state index >= 15 is 0 Å². The SMILES string of the molecule is C/C=C1/C(=O)N(C)c2cc(Cl)ccc21.CC.CC(C)(C)OC=O.CSC(C)(C)C.OCCOc1ccc(Cl)cc1. The predicted molar refractivity (Wildman–Crippen MR) is 174 cm³/mol. The summed E-state index contributed by atoms with van der Waals surface area (Å²) < 4.78 is 10.1. The number of aliphatic hydroxyl groups is 1. The van der Waals surface area contributed by atoms with E-state index in [4.69, 9.17) is 33.0 Å². The van der Waals surface area contributed by atoms with Crippen molar-refractivity contribution < 1.29 is 24.2 Å². The fourth-order valence-corrected chi connectivity index (χ4v) is 2.83. The third-order valence-electron chi connectivity index (χ3n) is 4.62. The lowest BCUT2D eigenvalue weighted by molar-refractivity contribution is -0.138. The zero-order valence-corrected chi connectivity index (χ0v) is 28.1. The molecule has 0 spiro atoms. The van der Waals surface area contributed by atoms with Gasteiger partial charge in [-0.15, -0.1) is 0 Å². The van der Waals surface area contributed by atoms with E-state index in [9.17, 15) is 9.59 Å². The second-order valence-corrected chi connectivity index (χ2v) is 12.4. The van der Waals surface area contributed by atoms with E-state index in [1.165, 1.54) is 0 Å². The first-order valence-electron chi connectivity index (χ1n) is 13.0. The number of carbonyl (C=O) groups excluding carboxylic acids is 2. The topological polar surface area (TPSA) is 76.1 Å². The number of allylic oxidation sites excluding steroid dienone is 1. The maximum absolute atomic E-state index is 11.7. The van der Waals surface area contributed by atoms with Crippen LogP contribution in [0.4, 0.5) is 5.69 Å². The normalized spacial score (nSPS) is 12.7. The quantitative estimate of drug-likeness (QED) is 0.274. The average Bonchev–Trinajstić information content (AvgIpc) is 3.13. The Morgan fingerprint density at radius 2 is 1.48 bits per heavy atom. The number of hydrogen-bond donors (Lipinski definition) is 1. The summed E-state index contributed by atoms with van der Waals surface area (Å²) in [7, 11) is 1.76. The van der Waals surface area contributed by atoms with E-state index < -0.39 is 0 Å². The van der Waals surface area contributed by atoms with Crippen molar-refractivity contribution in [2.45, 2.75) is 72.7 Å². The highest BCUT2D eigenvalue weighted by Gasteiger charge is 2.28. The lowest BCUT2D eigenvalue weighted by Crippen LogP contribution is -2.20. The molecule has 40 heavy (non-hydrogen) atoms. The molecule has 3 rings (SSSR count). The number of amides is 1. The van der Waals surface area contributed by atoms with Crippen LogP contribution in [0.25, 0.3) is 5.57 Å². The maximum atomic E-state index is 11.7. The van der Waals surface area contributed by atoms with E-state index in [0.29, 0.717) is 27.9 Å². The van der Waals surface area contributed by atoms with Crippen molar-refractivity contribution in [3.63, 3.8) is 0 Å². The lowest BCUT2D eigenvalue weighted by atomic mass is 10.1. The third-order valence-corrected chi connectivity index (χ3v) is 6.33. The zero-order chi connectivity index (χ0) is 31.5. The van der Waals surface area contributed by atoms with E-state index in [0.717, 1.165) is 22.6 Å². The summed E-state index contributed by atoms with van der Waals surface area (Å²) in [6.07, 6.45) is 3.96. The minimum atomic E-state index is -0.318. The molecule has 0 saturated heterocycles. The van der Waals surface area contributed by atoms with Crippen LogP contribution in [-0.2, 0) is 14.3 Å². The molecule has 1 heterocycles. The Morgan fingerprint density at radius 3 is 1.85 bits per heavy atom. The van der Waals surface area contributed by atoms with Crippen LogP contribution in [0.1, 0.15) is 67.9 Å². The zero-order valence-electron chi connectivity index (χ0n) is 25.8. The highest BCUT2D eigenvalue weighted by atomic mass is 35.5. The first-order chi connectivity index (χ1) is 18.6. The van der Waals surface area contributed by atoms with E-state index in [1.807, 2.05) is 71.5 Å². The molecular formula is C31H47Cl2NO5S. The summed E-state index contributed by atoms with van der Waals surface area (Å²) in [4.78, 5) is 22.9. The van der Waals surface area contributed by atoms with Crippen LogP contribution in [0.2, 0.25) is 10.0 Å². The van der Waals surface area contributed by atoms with E-state index in [2.05, 4.69) is 31.8 Å². The number of nitrogens with zero attached hydrogens (tertiary/aromatic N) is 1. The molecule has 1 amide bonds. The van der Waals surface area contributed by atoms with Gasteiger partial charge in [0.25, 0.3) is 12.4 Å². The lowest BCUT2D eigenvalue weighted by Gasteiger charge is -2.14. The Bertz CT molecular complexity index is 1030. The summed E-state index contributed by atoms with van der Waals surface area (Å²) in [6.45, 7) is 18.8. The summed E-state index contributed by atoms with van der Waals surface area (Å²) in [5, 5.41) is 9.77. The van der Waals surface area contributed by atoms with Gasteiger partial charge in [-0.1, -0.05) is 70.0 Å². The fourth-order valence-electron chi connectivity index (χ4n) is 2.53. The molecule has 1 aliphatic rings. The number of carbonyl (C=O) groups is 2. The van der Waals surface area contributed by atoms with Crippen LogP contribution >= 0.6 is 35.0 Å². The van der Waals surface area contributed by atoms with Crippen LogP contribution in [0, 0.1) is 0 Å². The molecule has 9 heteroatoms. The van der Waals surface area contributed by atoms with Crippen LogP contribution in [-0.4, -0.2) is 54.4 Å². The van der Waals surface area contributed by atoms with Gasteiger partial charge in [-0.3, -0.25) is 9.59 Å². The van der Waals surface area contributed by atoms with Crippen molar-refractivity contribution in [2.24, 2.45) is 0 Å². The molecule has 6 nitrogen and oxygen atoms in total. The molecule has 0 unspecified atom stereocenters. The fraction of sp³-hybridized carbons (Fsp3) is 0.484. The molecule has 0 aromatic heterocycles. The van der Waals surface area contributed by atoms with Crippen molar-refractivity contribution in [1.82, 2.24) is 0 Å². The standard InChI is InChI=1S/C11H10ClNO.C8H9ClO2.C5H10O2.C5H12S.C2H6/c1-3-8-9-5-4-7(12)6-10(9)13(2)11(8)14;9-7-1-3-8(4-2-7)11-6-5-10;1-5(2,3)7-4-6;1-5(2,3)6-4;1-2/h3-6H,1-2H3;1-4,10H,5-6H2;4H,1-3H3;1-4H3;1-2H3/b8-3+;;;;. The number of benzene rings is 2. The largest absolute Gasteiger partial charge is 0.491 e. The van der Waals surface area contributed by atoms with Gasteiger partial charge >= 0.3 is 0 Å². The molecule has 2 aromatic rings. The number of fused-ring (bicyclic) bond motifs is 1. The van der Waals surface area contributed by atoms with Crippen LogP contribution in [0.3, 0.4) is 0 Å². The molecule has 1 N–H and O–H groups in total. The maximum Gasteiger partial charge on any atom is 0.293 e. The highest BCUT2D eigenvalue weighted by Crippen LogP contribution is 2.37. The minimum absolute atomic E-state index is 0.0304. The minimum Gasteiger partial charge on any atom is -0.491 e. The van der Waals surface area contributed by atoms with Gasteiger partial charge in [-0.2, -0.15) is 11.8 Å². The summed E-state index contributed by atoms with van der Waals surface area (Å²) in [6, 6.07) is 12.5. The number of thioether (sulfide) groups is 1. The number of aliphatic hydroxyl groups excluding tert-OH is 1. The monoisotopic (exact) mass is 615 g/mol. The molecule has 226 valence electrons. The molecular weight excluding hydrogens is 569 g/mol. The Morgan fingerprint density at radius 1 is 0.975 bits per heavy atom. The van der Waals surface area contributed by atoms with E-state index in [1.54, 1.807) is 42.3 Å². The molecule has 0 bridgehead atoms. The second-order valence-electron chi connectivity index (χ2n) is 9.90. The smallest absolute Gasteiger partial charge is 0.293 e. The molecule has 0 atom stereocenters. The number of halogens is 2. The average molecular weight is 617 g/mol. The Hall–Kier alpha value is -2.19. The number of rotatable bonds is 4. The predicted octanol–water partition coefficient (Wildman–Crippen LogP) is 8.56. The summed E-state index contributed by atoms with van der Waals surface area (Å²) in [5.74, 6) is 0.758.